The third kappa shape index (κ3) is 3.69. The van der Waals surface area contributed by atoms with Crippen molar-refractivity contribution in [2.24, 2.45) is 0 Å². The normalized spacial score (nSPS) is 20.4. The van der Waals surface area contributed by atoms with Gasteiger partial charge in [0.15, 0.2) is 0 Å². The number of carbonyl (C=O) groups excluding carboxylic acids is 1. The van der Waals surface area contributed by atoms with Crippen LogP contribution in [0.1, 0.15) is 24.4 Å². The molecule has 6 heteroatoms. The Kier molecular flexibility index (Phi) is 5.34. The summed E-state index contributed by atoms with van der Waals surface area (Å²) in [7, 11) is 1.31. The first-order valence-electron chi connectivity index (χ1n) is 6.48. The first-order valence-corrected chi connectivity index (χ1v) is 6.86. The monoisotopic (exact) mass is 301 g/mol. The second-order valence-corrected chi connectivity index (χ2v) is 5.12. The number of nitrogens with one attached hydrogen (secondary N) is 1. The molecule has 4 nitrogen and oxygen atoms in total. The van der Waals surface area contributed by atoms with Gasteiger partial charge in [-0.1, -0.05) is 17.7 Å². The van der Waals surface area contributed by atoms with Gasteiger partial charge in [-0.25, -0.2) is 9.18 Å². The zero-order chi connectivity index (χ0) is 14.5. The van der Waals surface area contributed by atoms with E-state index in [0.29, 0.717) is 12.2 Å². The Morgan fingerprint density at radius 3 is 3.00 bits per heavy atom. The Balaban J connectivity index is 2.17. The van der Waals surface area contributed by atoms with E-state index in [1.54, 1.807) is 6.07 Å². The summed E-state index contributed by atoms with van der Waals surface area (Å²) < 4.78 is 23.7. The van der Waals surface area contributed by atoms with Crippen LogP contribution in [-0.4, -0.2) is 32.3 Å². The van der Waals surface area contributed by atoms with Crippen LogP contribution in [0.15, 0.2) is 18.2 Å². The van der Waals surface area contributed by atoms with Crippen LogP contribution in [-0.2, 0) is 14.3 Å². The largest absolute Gasteiger partial charge is 0.468 e. The van der Waals surface area contributed by atoms with Gasteiger partial charge >= 0.3 is 5.97 Å². The van der Waals surface area contributed by atoms with E-state index in [0.717, 1.165) is 19.4 Å². The summed E-state index contributed by atoms with van der Waals surface area (Å²) in [5.41, 5.74) is 0.490. The molecule has 0 unspecified atom stereocenters. The topological polar surface area (TPSA) is 47.6 Å². The molecular formula is C14H17ClFNO3. The van der Waals surface area contributed by atoms with Crippen molar-refractivity contribution < 1.29 is 18.7 Å². The molecule has 0 saturated carbocycles. The standard InChI is InChI=1S/C14H17ClFNO3/c1-19-14(18)13(17-10-3-2-6-20-8-10)9-4-5-11(15)12(16)7-9/h4-5,7,10,13,17H,2-3,6,8H2,1H3/t10-,13+/m1/s1. The zero-order valence-electron chi connectivity index (χ0n) is 11.2. The van der Waals surface area contributed by atoms with Crippen molar-refractivity contribution in [2.75, 3.05) is 20.3 Å². The zero-order valence-corrected chi connectivity index (χ0v) is 12.0. The molecule has 0 radical (unpaired) electrons. The van der Waals surface area contributed by atoms with Crippen molar-refractivity contribution in [3.8, 4) is 0 Å². The van der Waals surface area contributed by atoms with E-state index in [-0.39, 0.29) is 11.1 Å². The molecule has 0 aliphatic carbocycles. The minimum atomic E-state index is -0.724. The maximum Gasteiger partial charge on any atom is 0.327 e. The maximum atomic E-state index is 13.5. The summed E-state index contributed by atoms with van der Waals surface area (Å²) in [5.74, 6) is -1.02. The van der Waals surface area contributed by atoms with Gasteiger partial charge in [-0.05, 0) is 30.5 Å². The van der Waals surface area contributed by atoms with Gasteiger partial charge in [0, 0.05) is 12.6 Å². The van der Waals surface area contributed by atoms with Crippen molar-refractivity contribution >= 4 is 17.6 Å². The van der Waals surface area contributed by atoms with Crippen LogP contribution in [0.25, 0.3) is 0 Å². The molecule has 1 N–H and O–H groups in total. The molecule has 1 heterocycles. The molecule has 2 atom stereocenters. The number of benzene rings is 1. The van der Waals surface area contributed by atoms with Crippen molar-refractivity contribution in [1.82, 2.24) is 5.32 Å². The highest BCUT2D eigenvalue weighted by Crippen LogP contribution is 2.22. The van der Waals surface area contributed by atoms with Crippen molar-refractivity contribution in [3.63, 3.8) is 0 Å². The Morgan fingerprint density at radius 2 is 2.40 bits per heavy atom. The third-order valence-corrected chi connectivity index (χ3v) is 3.58. The number of hydrogen-bond donors (Lipinski definition) is 1. The molecule has 0 amide bonds. The fourth-order valence-electron chi connectivity index (χ4n) is 2.22. The van der Waals surface area contributed by atoms with Gasteiger partial charge in [0.25, 0.3) is 0 Å². The molecule has 1 aliphatic rings. The molecule has 1 aromatic rings. The van der Waals surface area contributed by atoms with Gasteiger partial charge in [0.2, 0.25) is 0 Å². The van der Waals surface area contributed by atoms with E-state index in [4.69, 9.17) is 21.1 Å². The minimum absolute atomic E-state index is 0.0263. The third-order valence-electron chi connectivity index (χ3n) is 3.28. The average molecular weight is 302 g/mol. The van der Waals surface area contributed by atoms with Gasteiger partial charge in [-0.3, -0.25) is 5.32 Å². The fraction of sp³-hybridized carbons (Fsp3) is 0.500. The van der Waals surface area contributed by atoms with Crippen LogP contribution in [0.4, 0.5) is 4.39 Å². The van der Waals surface area contributed by atoms with Crippen LogP contribution >= 0.6 is 11.6 Å². The van der Waals surface area contributed by atoms with Crippen LogP contribution in [0, 0.1) is 5.82 Å². The maximum absolute atomic E-state index is 13.5. The van der Waals surface area contributed by atoms with Crippen LogP contribution in [0.5, 0.6) is 0 Å². The summed E-state index contributed by atoms with van der Waals surface area (Å²) in [6.45, 7) is 1.26. The molecule has 0 aromatic heterocycles. The molecule has 20 heavy (non-hydrogen) atoms. The van der Waals surface area contributed by atoms with Gasteiger partial charge in [0.05, 0.1) is 18.7 Å². The number of rotatable bonds is 4. The van der Waals surface area contributed by atoms with Crippen molar-refractivity contribution in [1.29, 1.82) is 0 Å². The van der Waals surface area contributed by atoms with Gasteiger partial charge in [-0.2, -0.15) is 0 Å². The van der Waals surface area contributed by atoms with Gasteiger partial charge in [-0.15, -0.1) is 0 Å². The predicted octanol–water partition coefficient (Wildman–Crippen LogP) is 2.46. The molecule has 0 bridgehead atoms. The molecule has 1 aliphatic heterocycles. The lowest BCUT2D eigenvalue weighted by atomic mass is 10.0. The number of esters is 1. The van der Waals surface area contributed by atoms with E-state index < -0.39 is 17.8 Å². The highest BCUT2D eigenvalue weighted by atomic mass is 35.5. The SMILES string of the molecule is COC(=O)[C@@H](N[C@@H]1CCCOC1)c1ccc(Cl)c(F)c1. The average Bonchev–Trinajstić information content (AvgIpc) is 2.48. The smallest absolute Gasteiger partial charge is 0.327 e. The van der Waals surface area contributed by atoms with E-state index in [1.807, 2.05) is 0 Å². The lowest BCUT2D eigenvalue weighted by Gasteiger charge is -2.27. The summed E-state index contributed by atoms with van der Waals surface area (Å²) in [5, 5.41) is 3.19. The van der Waals surface area contributed by atoms with Crippen LogP contribution in [0.2, 0.25) is 5.02 Å². The minimum Gasteiger partial charge on any atom is -0.468 e. The van der Waals surface area contributed by atoms with Gasteiger partial charge < -0.3 is 9.47 Å². The Labute approximate surface area is 122 Å². The second kappa shape index (κ2) is 7.02. The van der Waals surface area contributed by atoms with Crippen LogP contribution in [0.3, 0.4) is 0 Å². The molecule has 1 fully saturated rings. The Hall–Kier alpha value is -1.17. The lowest BCUT2D eigenvalue weighted by Crippen LogP contribution is -2.42. The molecule has 2 rings (SSSR count). The number of halogens is 2. The molecule has 110 valence electrons. The molecular weight excluding hydrogens is 285 g/mol. The first-order chi connectivity index (χ1) is 9.61. The number of carbonyl (C=O) groups is 1. The summed E-state index contributed by atoms with van der Waals surface area (Å²) >= 11 is 5.66. The molecule has 0 spiro atoms. The highest BCUT2D eigenvalue weighted by molar-refractivity contribution is 6.30. The summed E-state index contributed by atoms with van der Waals surface area (Å²) in [6.07, 6.45) is 1.84. The summed E-state index contributed by atoms with van der Waals surface area (Å²) in [6, 6.07) is 3.62. The summed E-state index contributed by atoms with van der Waals surface area (Å²) in [4.78, 5) is 11.9. The van der Waals surface area contributed by atoms with E-state index in [1.165, 1.54) is 19.2 Å². The molecule has 1 saturated heterocycles. The van der Waals surface area contributed by atoms with E-state index in [9.17, 15) is 9.18 Å². The van der Waals surface area contributed by atoms with Gasteiger partial charge in [0.1, 0.15) is 11.9 Å². The van der Waals surface area contributed by atoms with Crippen molar-refractivity contribution in [3.05, 3.63) is 34.6 Å². The second-order valence-electron chi connectivity index (χ2n) is 4.71. The lowest BCUT2D eigenvalue weighted by molar-refractivity contribution is -0.143. The first kappa shape index (κ1) is 15.2. The highest BCUT2D eigenvalue weighted by Gasteiger charge is 2.26. The number of methoxy groups -OCH3 is 1. The Morgan fingerprint density at radius 1 is 1.60 bits per heavy atom. The fourth-order valence-corrected chi connectivity index (χ4v) is 2.34. The van der Waals surface area contributed by atoms with E-state index in [2.05, 4.69) is 5.32 Å². The number of hydrogen-bond acceptors (Lipinski definition) is 4. The predicted molar refractivity (Wildman–Crippen MR) is 73.1 cm³/mol. The quantitative estimate of drug-likeness (QED) is 0.868. The van der Waals surface area contributed by atoms with Crippen LogP contribution < -0.4 is 5.32 Å². The van der Waals surface area contributed by atoms with E-state index >= 15 is 0 Å². The molecule has 1 aromatic carbocycles. The Bertz CT molecular complexity index is 477. The van der Waals surface area contributed by atoms with Crippen molar-refractivity contribution in [2.45, 2.75) is 24.9 Å². The number of ether oxygens (including phenoxy) is 2.